The summed E-state index contributed by atoms with van der Waals surface area (Å²) in [7, 11) is -3.60. The van der Waals surface area contributed by atoms with Crippen LogP contribution in [0.5, 0.6) is 0 Å². The number of aryl methyl sites for hydroxylation is 1. The number of urea groups is 1. The molecule has 0 radical (unpaired) electrons. The highest BCUT2D eigenvalue weighted by Gasteiger charge is 2.31. The third-order valence-corrected chi connectivity index (χ3v) is 6.53. The van der Waals surface area contributed by atoms with E-state index in [9.17, 15) is 13.2 Å². The van der Waals surface area contributed by atoms with Gasteiger partial charge in [0, 0.05) is 28.4 Å². The van der Waals surface area contributed by atoms with Crippen LogP contribution >= 0.6 is 11.8 Å². The van der Waals surface area contributed by atoms with Crippen LogP contribution in [0, 0.1) is 6.92 Å². The van der Waals surface area contributed by atoms with Gasteiger partial charge < -0.3 is 10.2 Å². The van der Waals surface area contributed by atoms with Crippen LogP contribution in [0.1, 0.15) is 38.7 Å². The van der Waals surface area contributed by atoms with Crippen LogP contribution in [0.3, 0.4) is 0 Å². The number of likely N-dealkylation sites (tertiary alicyclic amines) is 1. The van der Waals surface area contributed by atoms with Gasteiger partial charge in [-0.1, -0.05) is 13.8 Å². The third kappa shape index (κ3) is 5.90. The van der Waals surface area contributed by atoms with Crippen molar-refractivity contribution in [3.63, 3.8) is 0 Å². The zero-order valence-corrected chi connectivity index (χ0v) is 16.6. The highest BCUT2D eigenvalue weighted by molar-refractivity contribution is 7.99. The molecule has 0 aliphatic carbocycles. The molecule has 3 N–H and O–H groups in total. The molecule has 1 saturated heterocycles. The van der Waals surface area contributed by atoms with E-state index in [0.717, 1.165) is 24.1 Å². The van der Waals surface area contributed by atoms with Gasteiger partial charge in [-0.25, -0.2) is 18.4 Å². The van der Waals surface area contributed by atoms with Gasteiger partial charge in [0.15, 0.2) is 0 Å². The highest BCUT2D eigenvalue weighted by Crippen LogP contribution is 2.29. The maximum Gasteiger partial charge on any atom is 0.322 e. The van der Waals surface area contributed by atoms with Crippen LogP contribution < -0.4 is 10.5 Å². The van der Waals surface area contributed by atoms with Crippen LogP contribution in [-0.2, 0) is 10.0 Å². The van der Waals surface area contributed by atoms with E-state index in [0.29, 0.717) is 18.2 Å². The quantitative estimate of drug-likeness (QED) is 0.736. The summed E-state index contributed by atoms with van der Waals surface area (Å²) >= 11 is 1.81. The van der Waals surface area contributed by atoms with E-state index in [1.807, 2.05) is 30.8 Å². The fourth-order valence-electron chi connectivity index (χ4n) is 2.90. The van der Waals surface area contributed by atoms with Crippen molar-refractivity contribution < 1.29 is 13.2 Å². The first kappa shape index (κ1) is 20.1. The van der Waals surface area contributed by atoms with Crippen molar-refractivity contribution in [1.29, 1.82) is 0 Å². The Labute approximate surface area is 154 Å². The predicted octanol–water partition coefficient (Wildman–Crippen LogP) is 3.17. The summed E-state index contributed by atoms with van der Waals surface area (Å²) in [6.07, 6.45) is 2.55. The lowest BCUT2D eigenvalue weighted by molar-refractivity contribution is 0.210. The van der Waals surface area contributed by atoms with Gasteiger partial charge >= 0.3 is 6.03 Å². The van der Waals surface area contributed by atoms with Crippen LogP contribution in [0.15, 0.2) is 23.1 Å². The van der Waals surface area contributed by atoms with Crippen molar-refractivity contribution in [2.75, 3.05) is 17.6 Å². The van der Waals surface area contributed by atoms with Gasteiger partial charge in [0.25, 0.3) is 0 Å². The number of primary sulfonamides is 1. The lowest BCUT2D eigenvalue weighted by atomic mass is 10.2. The summed E-state index contributed by atoms with van der Waals surface area (Å²) in [5, 5.41) is 8.58. The van der Waals surface area contributed by atoms with Crippen molar-refractivity contribution in [2.24, 2.45) is 5.14 Å². The molecule has 8 heteroatoms. The summed E-state index contributed by atoms with van der Waals surface area (Å²) in [6, 6.07) is 5.36. The summed E-state index contributed by atoms with van der Waals surface area (Å²) < 4.78 is 22.7. The molecule has 25 heavy (non-hydrogen) atoms. The van der Waals surface area contributed by atoms with Crippen LogP contribution in [0.25, 0.3) is 0 Å². The second kappa shape index (κ2) is 8.42. The van der Waals surface area contributed by atoms with Gasteiger partial charge in [0.2, 0.25) is 10.0 Å². The second-order valence-electron chi connectivity index (χ2n) is 6.56. The molecule has 140 valence electrons. The standard InChI is InChI=1S/C17H27N3O3S2/c1-4-13(3)24-15-7-8-16(12(2)10-15)19-17(21)20-9-5-6-14(20)11-25(18,22)23/h7-8,10,13-14H,4-6,9,11H2,1-3H3,(H,19,21)(H2,18,22,23)/t13-,14-/m1/s1. The van der Waals surface area contributed by atoms with Crippen LogP contribution in [0.2, 0.25) is 0 Å². The van der Waals surface area contributed by atoms with Gasteiger partial charge in [-0.05, 0) is 49.9 Å². The predicted molar refractivity (Wildman–Crippen MR) is 104 cm³/mol. The summed E-state index contributed by atoms with van der Waals surface area (Å²) in [4.78, 5) is 15.3. The minimum absolute atomic E-state index is 0.191. The van der Waals surface area contributed by atoms with Crippen molar-refractivity contribution >= 4 is 33.5 Å². The van der Waals surface area contributed by atoms with E-state index in [2.05, 4.69) is 25.2 Å². The highest BCUT2D eigenvalue weighted by atomic mass is 32.2. The first-order valence-electron chi connectivity index (χ1n) is 8.55. The summed E-state index contributed by atoms with van der Waals surface area (Å²) in [5.41, 5.74) is 1.74. The van der Waals surface area contributed by atoms with Gasteiger partial charge in [-0.15, -0.1) is 11.8 Å². The Kier molecular flexibility index (Phi) is 6.76. The third-order valence-electron chi connectivity index (χ3n) is 4.41. The lowest BCUT2D eigenvalue weighted by Gasteiger charge is -2.24. The molecule has 1 aromatic rings. The smallest absolute Gasteiger partial charge is 0.320 e. The number of carbonyl (C=O) groups is 1. The first-order chi connectivity index (χ1) is 11.7. The molecule has 6 nitrogen and oxygen atoms in total. The average molecular weight is 386 g/mol. The molecule has 0 spiro atoms. The molecule has 1 fully saturated rings. The zero-order valence-electron chi connectivity index (χ0n) is 15.0. The minimum atomic E-state index is -3.60. The largest absolute Gasteiger partial charge is 0.322 e. The number of anilines is 1. The van der Waals surface area contributed by atoms with Gasteiger partial charge in [0.05, 0.1) is 5.75 Å². The minimum Gasteiger partial charge on any atom is -0.320 e. The normalized spacial score (nSPS) is 19.0. The number of hydrogen-bond donors (Lipinski definition) is 2. The van der Waals surface area contributed by atoms with Crippen molar-refractivity contribution in [2.45, 2.75) is 56.2 Å². The number of amides is 2. The maximum atomic E-state index is 12.5. The molecular formula is C17H27N3O3S2. The fraction of sp³-hybridized carbons (Fsp3) is 0.588. The second-order valence-corrected chi connectivity index (χ2v) is 9.73. The van der Waals surface area contributed by atoms with Gasteiger partial charge in [0.1, 0.15) is 0 Å². The average Bonchev–Trinajstić information content (AvgIpc) is 2.95. The molecule has 0 unspecified atom stereocenters. The number of sulfonamides is 1. The van der Waals surface area contributed by atoms with Crippen LogP contribution in [0.4, 0.5) is 10.5 Å². The Bertz CT molecular complexity index is 722. The number of nitrogens with two attached hydrogens (primary N) is 1. The van der Waals surface area contributed by atoms with Crippen LogP contribution in [-0.4, -0.2) is 42.9 Å². The van der Waals surface area contributed by atoms with E-state index < -0.39 is 10.0 Å². The monoisotopic (exact) mass is 385 g/mol. The Morgan fingerprint density at radius 3 is 2.80 bits per heavy atom. The molecule has 2 rings (SSSR count). The van der Waals surface area contributed by atoms with E-state index in [1.54, 1.807) is 4.90 Å². The topological polar surface area (TPSA) is 92.5 Å². The van der Waals surface area contributed by atoms with Gasteiger partial charge in [-0.2, -0.15) is 0 Å². The number of nitrogens with one attached hydrogen (secondary N) is 1. The van der Waals surface area contributed by atoms with Crippen molar-refractivity contribution in [3.05, 3.63) is 23.8 Å². The number of nitrogens with zero attached hydrogens (tertiary/aromatic N) is 1. The molecule has 2 atom stereocenters. The van der Waals surface area contributed by atoms with E-state index in [4.69, 9.17) is 5.14 Å². The van der Waals surface area contributed by atoms with E-state index in [-0.39, 0.29) is 17.8 Å². The Morgan fingerprint density at radius 1 is 1.48 bits per heavy atom. The number of rotatable bonds is 6. The number of hydrogen-bond acceptors (Lipinski definition) is 4. The molecule has 2 amide bonds. The molecular weight excluding hydrogens is 358 g/mol. The molecule has 1 aromatic carbocycles. The SMILES string of the molecule is CC[C@@H](C)Sc1ccc(NC(=O)N2CCC[C@@H]2CS(N)(=O)=O)c(C)c1. The Balaban J connectivity index is 2.04. The first-order valence-corrected chi connectivity index (χ1v) is 11.1. The molecule has 0 aromatic heterocycles. The van der Waals surface area contributed by atoms with E-state index >= 15 is 0 Å². The fourth-order valence-corrected chi connectivity index (χ4v) is 4.80. The number of benzene rings is 1. The van der Waals surface area contributed by atoms with Gasteiger partial charge in [-0.3, -0.25) is 0 Å². The van der Waals surface area contributed by atoms with Crippen molar-refractivity contribution in [3.8, 4) is 0 Å². The Morgan fingerprint density at radius 2 is 2.20 bits per heavy atom. The molecule has 1 aliphatic rings. The maximum absolute atomic E-state index is 12.5. The number of carbonyl (C=O) groups excluding carboxylic acids is 1. The zero-order chi connectivity index (χ0) is 18.6. The molecule has 0 saturated carbocycles. The van der Waals surface area contributed by atoms with Crippen molar-refractivity contribution in [1.82, 2.24) is 4.90 Å². The molecule has 1 heterocycles. The summed E-state index contributed by atoms with van der Waals surface area (Å²) in [6.45, 7) is 6.86. The number of thioether (sulfide) groups is 1. The Hall–Kier alpha value is -1.25. The molecule has 1 aliphatic heterocycles. The molecule has 0 bridgehead atoms. The lowest BCUT2D eigenvalue weighted by Crippen LogP contribution is -2.43. The summed E-state index contributed by atoms with van der Waals surface area (Å²) in [5.74, 6) is -0.191. The van der Waals surface area contributed by atoms with E-state index in [1.165, 1.54) is 4.90 Å².